The maximum absolute atomic E-state index is 5.47. The van der Waals surface area contributed by atoms with Gasteiger partial charge in [0.2, 0.25) is 0 Å². The van der Waals surface area contributed by atoms with E-state index in [-0.39, 0.29) is 0 Å². The molecule has 0 saturated heterocycles. The van der Waals surface area contributed by atoms with Crippen LogP contribution in [-0.2, 0) is 6.54 Å². The van der Waals surface area contributed by atoms with E-state index in [1.807, 2.05) is 0 Å². The Hall–Kier alpha value is -1.43. The van der Waals surface area contributed by atoms with Gasteiger partial charge in [-0.1, -0.05) is 0 Å². The molecule has 5 nitrogen and oxygen atoms in total. The average molecular weight is 181 g/mol. The van der Waals surface area contributed by atoms with E-state index < -0.39 is 0 Å². The van der Waals surface area contributed by atoms with E-state index in [0.29, 0.717) is 11.7 Å². The van der Waals surface area contributed by atoms with Gasteiger partial charge < -0.3 is 5.73 Å². The summed E-state index contributed by atoms with van der Waals surface area (Å²) in [5.74, 6) is 0. The Balaban J connectivity index is 2.14. The molecule has 0 spiro atoms. The van der Waals surface area contributed by atoms with E-state index in [9.17, 15) is 0 Å². The van der Waals surface area contributed by atoms with E-state index in [4.69, 9.17) is 5.73 Å². The van der Waals surface area contributed by atoms with Crippen molar-refractivity contribution in [1.29, 1.82) is 0 Å². The van der Waals surface area contributed by atoms with Crippen molar-refractivity contribution in [2.24, 2.45) is 0 Å². The van der Waals surface area contributed by atoms with Gasteiger partial charge in [0.05, 0.1) is 6.54 Å². The highest BCUT2D eigenvalue weighted by Gasteiger charge is 1.99. The molecule has 12 heavy (non-hydrogen) atoms. The number of nitrogens with two attached hydrogens (primary N) is 1. The number of rotatable bonds is 2. The second-order valence-electron chi connectivity index (χ2n) is 2.26. The summed E-state index contributed by atoms with van der Waals surface area (Å²) in [5.41, 5.74) is 5.47. The molecular formula is C6H7N5S. The van der Waals surface area contributed by atoms with Crippen LogP contribution in [-0.4, -0.2) is 19.7 Å². The Morgan fingerprint density at radius 3 is 3.08 bits per heavy atom. The largest absolute Gasteiger partial charge is 0.375 e. The molecule has 0 aromatic carbocycles. The molecule has 6 heteroatoms. The second kappa shape index (κ2) is 2.90. The van der Waals surface area contributed by atoms with Crippen LogP contribution in [0.15, 0.2) is 18.9 Å². The lowest BCUT2D eigenvalue weighted by Gasteiger charge is -1.93. The van der Waals surface area contributed by atoms with Gasteiger partial charge in [-0.15, -0.1) is 11.3 Å². The zero-order valence-electron chi connectivity index (χ0n) is 6.21. The molecule has 2 aromatic heterocycles. The molecule has 0 aliphatic heterocycles. The summed E-state index contributed by atoms with van der Waals surface area (Å²) in [6.07, 6.45) is 4.92. The molecule has 0 radical (unpaired) electrons. The minimum absolute atomic E-state index is 0.588. The first kappa shape index (κ1) is 7.23. The van der Waals surface area contributed by atoms with Gasteiger partial charge in [-0.2, -0.15) is 5.10 Å². The monoisotopic (exact) mass is 181 g/mol. The molecule has 0 fully saturated rings. The average Bonchev–Trinajstić information content (AvgIpc) is 2.63. The molecule has 0 aliphatic rings. The van der Waals surface area contributed by atoms with Crippen molar-refractivity contribution in [2.75, 3.05) is 5.73 Å². The molecule has 62 valence electrons. The number of hydrogen-bond acceptors (Lipinski definition) is 5. The molecule has 2 N–H and O–H groups in total. The summed E-state index contributed by atoms with van der Waals surface area (Å²) < 4.78 is 1.73. The summed E-state index contributed by atoms with van der Waals surface area (Å²) in [6.45, 7) is 0.689. The van der Waals surface area contributed by atoms with Gasteiger partial charge in [0.15, 0.2) is 5.13 Å². The first-order valence-electron chi connectivity index (χ1n) is 3.37. The minimum atomic E-state index is 0.588. The Morgan fingerprint density at radius 2 is 2.50 bits per heavy atom. The molecule has 2 heterocycles. The van der Waals surface area contributed by atoms with E-state index >= 15 is 0 Å². The third kappa shape index (κ3) is 1.42. The van der Waals surface area contributed by atoms with Gasteiger partial charge in [0.1, 0.15) is 12.7 Å². The van der Waals surface area contributed by atoms with Crippen molar-refractivity contribution in [1.82, 2.24) is 19.7 Å². The lowest BCUT2D eigenvalue weighted by atomic mass is 10.5. The van der Waals surface area contributed by atoms with E-state index in [2.05, 4.69) is 15.1 Å². The number of hydrogen-bond donors (Lipinski definition) is 1. The fourth-order valence-corrected chi connectivity index (χ4v) is 1.55. The standard InChI is InChI=1S/C6H7N5S/c7-6-9-1-5(12-6)2-11-4-8-3-10-11/h1,3-4H,2H2,(H2,7,9). The van der Waals surface area contributed by atoms with Crippen LogP contribution in [0.1, 0.15) is 4.88 Å². The maximum atomic E-state index is 5.47. The fraction of sp³-hybridized carbons (Fsp3) is 0.167. The summed E-state index contributed by atoms with van der Waals surface area (Å²) in [4.78, 5) is 8.84. The minimum Gasteiger partial charge on any atom is -0.375 e. The van der Waals surface area contributed by atoms with Crippen LogP contribution in [0.5, 0.6) is 0 Å². The van der Waals surface area contributed by atoms with Crippen molar-refractivity contribution in [3.8, 4) is 0 Å². The van der Waals surface area contributed by atoms with Crippen molar-refractivity contribution < 1.29 is 0 Å². The lowest BCUT2D eigenvalue weighted by Crippen LogP contribution is -1.97. The first-order valence-corrected chi connectivity index (χ1v) is 4.19. The third-order valence-corrected chi connectivity index (χ3v) is 2.17. The van der Waals surface area contributed by atoms with Crippen molar-refractivity contribution in [3.05, 3.63) is 23.7 Å². The van der Waals surface area contributed by atoms with Crippen LogP contribution in [0.25, 0.3) is 0 Å². The number of nitrogens with zero attached hydrogens (tertiary/aromatic N) is 4. The predicted molar refractivity (Wildman–Crippen MR) is 45.7 cm³/mol. The number of anilines is 1. The van der Waals surface area contributed by atoms with E-state index in [0.717, 1.165) is 4.88 Å². The van der Waals surface area contributed by atoms with Crippen LogP contribution in [0.4, 0.5) is 5.13 Å². The molecule has 0 saturated carbocycles. The van der Waals surface area contributed by atoms with Crippen LogP contribution in [0.3, 0.4) is 0 Å². The molecule has 0 atom stereocenters. The Labute approximate surface area is 72.9 Å². The van der Waals surface area contributed by atoms with Gasteiger partial charge in [-0.25, -0.2) is 14.6 Å². The summed E-state index contributed by atoms with van der Waals surface area (Å²) in [7, 11) is 0. The van der Waals surface area contributed by atoms with E-state index in [1.165, 1.54) is 17.7 Å². The van der Waals surface area contributed by atoms with Crippen LogP contribution < -0.4 is 5.73 Å². The zero-order valence-corrected chi connectivity index (χ0v) is 7.03. The molecule has 0 bridgehead atoms. The van der Waals surface area contributed by atoms with Crippen molar-refractivity contribution in [2.45, 2.75) is 6.54 Å². The lowest BCUT2D eigenvalue weighted by molar-refractivity contribution is 0.692. The molecular weight excluding hydrogens is 174 g/mol. The first-order chi connectivity index (χ1) is 5.84. The molecule has 2 aromatic rings. The maximum Gasteiger partial charge on any atom is 0.180 e. The number of aromatic nitrogens is 4. The SMILES string of the molecule is Nc1ncc(Cn2cncn2)s1. The Kier molecular flexibility index (Phi) is 1.75. The quantitative estimate of drug-likeness (QED) is 0.726. The summed E-state index contributed by atoms with van der Waals surface area (Å²) in [5, 5.41) is 4.55. The van der Waals surface area contributed by atoms with Crippen LogP contribution in [0, 0.1) is 0 Å². The van der Waals surface area contributed by atoms with Crippen LogP contribution in [0.2, 0.25) is 0 Å². The van der Waals surface area contributed by atoms with Gasteiger partial charge in [0, 0.05) is 11.1 Å². The highest BCUT2D eigenvalue weighted by atomic mass is 32.1. The highest BCUT2D eigenvalue weighted by Crippen LogP contribution is 2.14. The predicted octanol–water partition coefficient (Wildman–Crippen LogP) is 0.365. The van der Waals surface area contributed by atoms with Gasteiger partial charge in [0.25, 0.3) is 0 Å². The highest BCUT2D eigenvalue weighted by molar-refractivity contribution is 7.15. The molecule has 0 amide bonds. The molecule has 0 aliphatic carbocycles. The topological polar surface area (TPSA) is 69.6 Å². The number of nitrogen functional groups attached to an aromatic ring is 1. The summed E-state index contributed by atoms with van der Waals surface area (Å²) >= 11 is 1.46. The number of thiazole rings is 1. The zero-order chi connectivity index (χ0) is 8.39. The van der Waals surface area contributed by atoms with Gasteiger partial charge in [-0.3, -0.25) is 0 Å². The van der Waals surface area contributed by atoms with Crippen molar-refractivity contribution >= 4 is 16.5 Å². The molecule has 2 rings (SSSR count). The fourth-order valence-electron chi connectivity index (χ4n) is 0.870. The second-order valence-corrected chi connectivity index (χ2v) is 3.40. The molecule has 0 unspecified atom stereocenters. The summed E-state index contributed by atoms with van der Waals surface area (Å²) in [6, 6.07) is 0. The van der Waals surface area contributed by atoms with E-state index in [1.54, 1.807) is 17.2 Å². The van der Waals surface area contributed by atoms with Gasteiger partial charge in [-0.05, 0) is 0 Å². The third-order valence-electron chi connectivity index (χ3n) is 1.36. The Bertz CT molecular complexity index is 352. The Morgan fingerprint density at radius 1 is 1.58 bits per heavy atom. The van der Waals surface area contributed by atoms with Crippen LogP contribution >= 0.6 is 11.3 Å². The normalized spacial score (nSPS) is 10.3. The van der Waals surface area contributed by atoms with Gasteiger partial charge >= 0.3 is 0 Å². The smallest absolute Gasteiger partial charge is 0.180 e. The van der Waals surface area contributed by atoms with Crippen molar-refractivity contribution in [3.63, 3.8) is 0 Å².